The smallest absolute Gasteiger partial charge is 0.381 e. The number of rotatable bonds is 11. The highest BCUT2D eigenvalue weighted by Crippen LogP contribution is 2.44. The fourth-order valence-corrected chi connectivity index (χ4v) is 7.88. The van der Waals surface area contributed by atoms with Gasteiger partial charge in [0.1, 0.15) is 11.5 Å². The lowest BCUT2D eigenvalue weighted by Gasteiger charge is -2.30. The largest absolute Gasteiger partial charge is 0.397 e. The molecule has 7 heterocycles. The van der Waals surface area contributed by atoms with Crippen LogP contribution in [0.1, 0.15) is 69.1 Å². The molecule has 0 saturated carbocycles. The summed E-state index contributed by atoms with van der Waals surface area (Å²) in [5.41, 5.74) is 16.4. The number of aromatic nitrogens is 8. The predicted octanol–water partition coefficient (Wildman–Crippen LogP) is 8.63. The number of ether oxygens (including phenoxy) is 1. The van der Waals surface area contributed by atoms with Gasteiger partial charge in [-0.2, -0.15) is 17.6 Å². The first-order chi connectivity index (χ1) is 34.8. The molecule has 0 saturated heterocycles. The molecule has 0 aliphatic rings. The van der Waals surface area contributed by atoms with Crippen LogP contribution in [0, 0.1) is 27.7 Å². The Balaban J connectivity index is 0.000000179. The van der Waals surface area contributed by atoms with Crippen molar-refractivity contribution in [1.29, 1.82) is 0 Å². The van der Waals surface area contributed by atoms with Gasteiger partial charge in [-0.1, -0.05) is 34.6 Å². The van der Waals surface area contributed by atoms with E-state index in [1.807, 2.05) is 13.8 Å². The van der Waals surface area contributed by atoms with Crippen LogP contribution < -0.4 is 11.5 Å². The average Bonchev–Trinajstić information content (AvgIpc) is 4.09. The van der Waals surface area contributed by atoms with Crippen LogP contribution in [0.25, 0.3) is 33.3 Å². The van der Waals surface area contributed by atoms with Crippen molar-refractivity contribution in [1.82, 2.24) is 40.2 Å². The Morgan fingerprint density at radius 2 is 1.00 bits per heavy atom. The van der Waals surface area contributed by atoms with Crippen molar-refractivity contribution in [2.75, 3.05) is 11.5 Å². The van der Waals surface area contributed by atoms with Crippen LogP contribution in [0.4, 0.5) is 37.7 Å². The number of imidazole rings is 1. The van der Waals surface area contributed by atoms with E-state index in [0.29, 0.717) is 56.5 Å². The van der Waals surface area contributed by atoms with Crippen LogP contribution in [0.3, 0.4) is 0 Å². The average molecular weight is 1010 g/mol. The lowest BCUT2D eigenvalue weighted by molar-refractivity contribution is -0.174. The minimum Gasteiger partial charge on any atom is -0.397 e. The van der Waals surface area contributed by atoms with E-state index in [2.05, 4.69) is 45.0 Å². The molecule has 0 spiro atoms. The Kier molecular flexibility index (Phi) is 15.4. The number of carbonyl (C=O) groups excluding carboxylic acids is 2. The molecule has 7 N–H and O–H groups in total. The van der Waals surface area contributed by atoms with Crippen molar-refractivity contribution in [3.63, 3.8) is 0 Å². The van der Waals surface area contributed by atoms with E-state index in [4.69, 9.17) is 20.5 Å². The number of esters is 2. The lowest BCUT2D eigenvalue weighted by Crippen LogP contribution is -2.32. The number of nitrogens with two attached hydrogens (primary N) is 2. The number of H-pyrrole nitrogens is 1. The van der Waals surface area contributed by atoms with Crippen molar-refractivity contribution < 1.29 is 59.9 Å². The van der Waals surface area contributed by atoms with E-state index >= 15 is 0 Å². The van der Waals surface area contributed by atoms with Crippen molar-refractivity contribution in [2.45, 2.75) is 58.2 Å². The molecule has 23 heteroatoms. The van der Waals surface area contributed by atoms with E-state index in [1.54, 1.807) is 136 Å². The summed E-state index contributed by atoms with van der Waals surface area (Å²) in [5, 5.41) is 32.2. The van der Waals surface area contributed by atoms with Crippen LogP contribution in [0.15, 0.2) is 131 Å². The number of halogens is 6. The molecule has 2 aromatic carbocycles. The molecule has 0 aliphatic heterocycles. The number of aryl methyl sites for hydroxylation is 4. The Bertz CT molecular complexity index is 3230. The Morgan fingerprint density at radius 1 is 0.603 bits per heavy atom. The minimum atomic E-state index is -3.57. The highest BCUT2D eigenvalue weighted by Gasteiger charge is 2.41. The second-order valence-electron chi connectivity index (χ2n) is 15.9. The molecule has 376 valence electrons. The van der Waals surface area contributed by atoms with E-state index in [0.717, 1.165) is 16.8 Å². The third-order valence-corrected chi connectivity index (χ3v) is 11.1. The normalized spacial score (nSPS) is 11.6. The standard InChI is InChI=1S/C24H19F2N5O2.C22H21N5O2.C4H2F4O3/c1-13-20(14(2)33-31-13)15-11-16(21-17(12-15)29-23(30-21)22(25)26)24(32,18-7-3-5-9-27-18)19-8-4-6-10-28-19;1-13-20(14(2)29-27-13)15-11-16(21(24)17(23)12-15)22(28,18-7-3-5-9-25-18)19-8-4-6-10-26-19;5-1(6)3(9)11-4(10)2(7)8/h3-12,22,32H,1-2H3,(H,29,30);3-12,28H,23-24H2,1-2H3;1-2H. The maximum Gasteiger partial charge on any atom is 0.381 e. The Labute approximate surface area is 409 Å². The Morgan fingerprint density at radius 3 is 1.36 bits per heavy atom. The number of nitrogens with zero attached hydrogens (tertiary/aromatic N) is 7. The molecule has 0 atom stereocenters. The topological polar surface area (TPSA) is 268 Å². The molecule has 0 aliphatic carbocycles. The van der Waals surface area contributed by atoms with Crippen molar-refractivity contribution in [2.24, 2.45) is 0 Å². The molecular weight excluding hydrogens is 967 g/mol. The van der Waals surface area contributed by atoms with E-state index in [1.165, 1.54) is 0 Å². The number of carbonyl (C=O) groups is 2. The maximum atomic E-state index is 13.6. The fraction of sp³-hybridized carbons (Fsp3) is 0.180. The molecule has 0 amide bonds. The molecule has 17 nitrogen and oxygen atoms in total. The zero-order valence-corrected chi connectivity index (χ0v) is 38.8. The van der Waals surface area contributed by atoms with Gasteiger partial charge < -0.3 is 40.4 Å². The molecule has 9 aromatic rings. The number of pyridine rings is 4. The number of hydrogen-bond donors (Lipinski definition) is 5. The molecule has 0 bridgehead atoms. The number of hydrogen-bond acceptors (Lipinski definition) is 16. The molecule has 0 radical (unpaired) electrons. The van der Waals surface area contributed by atoms with Gasteiger partial charge in [0.2, 0.25) is 0 Å². The summed E-state index contributed by atoms with van der Waals surface area (Å²) in [7, 11) is 0. The molecular formula is C50H42F6N10O7. The Hall–Kier alpha value is -8.83. The van der Waals surface area contributed by atoms with Gasteiger partial charge in [0.25, 0.3) is 6.43 Å². The number of nitrogens with one attached hydrogen (secondary N) is 1. The third kappa shape index (κ3) is 10.6. The van der Waals surface area contributed by atoms with Gasteiger partial charge in [0, 0.05) is 47.0 Å². The van der Waals surface area contributed by atoms with E-state index in [-0.39, 0.29) is 28.2 Å². The number of alkyl halides is 6. The summed E-state index contributed by atoms with van der Waals surface area (Å²) in [4.78, 5) is 43.8. The number of aliphatic hydroxyl groups is 2. The summed E-state index contributed by atoms with van der Waals surface area (Å²) in [6.07, 6.45) is -3.63. The van der Waals surface area contributed by atoms with Crippen molar-refractivity contribution >= 4 is 34.3 Å². The number of fused-ring (bicyclic) bond motifs is 1. The second kappa shape index (κ2) is 21.7. The van der Waals surface area contributed by atoms with Gasteiger partial charge in [0.15, 0.2) is 17.0 Å². The first-order valence-corrected chi connectivity index (χ1v) is 21.6. The number of benzene rings is 2. The van der Waals surface area contributed by atoms with Crippen LogP contribution in [-0.4, -0.2) is 75.2 Å². The maximum absolute atomic E-state index is 13.6. The summed E-state index contributed by atoms with van der Waals surface area (Å²) in [5.74, 6) is -3.82. The molecule has 9 rings (SSSR count). The van der Waals surface area contributed by atoms with Crippen molar-refractivity contribution in [3.8, 4) is 22.3 Å². The predicted molar refractivity (Wildman–Crippen MR) is 251 cm³/mol. The molecule has 73 heavy (non-hydrogen) atoms. The van der Waals surface area contributed by atoms with E-state index < -0.39 is 48.2 Å². The van der Waals surface area contributed by atoms with Gasteiger partial charge in [-0.05, 0) is 112 Å². The summed E-state index contributed by atoms with van der Waals surface area (Å²) in [6.45, 7) is 7.23. The van der Waals surface area contributed by atoms with Gasteiger partial charge in [0.05, 0.1) is 56.6 Å². The van der Waals surface area contributed by atoms with Gasteiger partial charge in [-0.15, -0.1) is 0 Å². The summed E-state index contributed by atoms with van der Waals surface area (Å²) >= 11 is 0. The SMILES string of the molecule is Cc1noc(C)c1-c1cc(C(O)(c2ccccn2)c2ccccn2)c2nc(C(F)F)[nH]c2c1.Cc1noc(C)c1-c1cc(N)c(N)c(C(O)(c2ccccn2)c2ccccn2)c1.O=C(OC(=O)C(F)F)C(F)F. The number of nitrogen functional groups attached to an aromatic ring is 2. The summed E-state index contributed by atoms with van der Waals surface area (Å²) in [6, 6.07) is 27.8. The fourth-order valence-electron chi connectivity index (χ4n) is 7.88. The highest BCUT2D eigenvalue weighted by atomic mass is 19.3. The molecule has 7 aromatic heterocycles. The summed E-state index contributed by atoms with van der Waals surface area (Å²) < 4.78 is 85.5. The first kappa shape index (κ1) is 52.0. The van der Waals surface area contributed by atoms with Gasteiger partial charge in [-0.25, -0.2) is 23.4 Å². The monoisotopic (exact) mass is 1010 g/mol. The lowest BCUT2D eigenvalue weighted by atomic mass is 9.83. The number of aromatic amines is 1. The zero-order chi connectivity index (χ0) is 52.8. The number of anilines is 2. The quantitative estimate of drug-likeness (QED) is 0.0351. The zero-order valence-electron chi connectivity index (χ0n) is 38.8. The van der Waals surface area contributed by atoms with Crippen LogP contribution in [-0.2, 0) is 25.5 Å². The second-order valence-corrected chi connectivity index (χ2v) is 15.9. The molecule has 0 unspecified atom stereocenters. The highest BCUT2D eigenvalue weighted by molar-refractivity contribution is 5.89. The minimum absolute atomic E-state index is 0.194. The van der Waals surface area contributed by atoms with Crippen molar-refractivity contribution in [3.05, 3.63) is 184 Å². The molecule has 0 fully saturated rings. The van der Waals surface area contributed by atoms with Crippen LogP contribution >= 0.6 is 0 Å². The van der Waals surface area contributed by atoms with Gasteiger partial charge >= 0.3 is 24.8 Å². The van der Waals surface area contributed by atoms with Crippen LogP contribution in [0.2, 0.25) is 0 Å². The van der Waals surface area contributed by atoms with Gasteiger partial charge in [-0.3, -0.25) is 19.9 Å². The van der Waals surface area contributed by atoms with E-state index in [9.17, 15) is 46.1 Å². The third-order valence-electron chi connectivity index (χ3n) is 11.1. The van der Waals surface area contributed by atoms with Crippen LogP contribution in [0.5, 0.6) is 0 Å². The first-order valence-electron chi connectivity index (χ1n) is 21.6.